The molecular weight excluding hydrogens is 250 g/mol. The molecule has 2 rings (SSSR count). The van der Waals surface area contributed by atoms with Crippen LogP contribution in [-0.2, 0) is 13.0 Å². The van der Waals surface area contributed by atoms with Crippen LogP contribution in [0.25, 0.3) is 0 Å². The summed E-state index contributed by atoms with van der Waals surface area (Å²) in [5.41, 5.74) is 8.05. The maximum absolute atomic E-state index is 8.81. The number of aliphatic hydroxyl groups is 1. The molecule has 1 aromatic heterocycles. The lowest BCUT2D eigenvalue weighted by Gasteiger charge is -2.06. The quantitative estimate of drug-likeness (QED) is 0.870. The molecular formula is C13H16ClN3O. The van der Waals surface area contributed by atoms with Crippen molar-refractivity contribution >= 4 is 17.4 Å². The Hall–Kier alpha value is -1.52. The zero-order valence-corrected chi connectivity index (χ0v) is 10.8. The summed E-state index contributed by atoms with van der Waals surface area (Å²) in [5, 5.41) is 13.8. The Morgan fingerprint density at radius 3 is 2.94 bits per heavy atom. The number of hydrogen-bond acceptors (Lipinski definition) is 3. The second-order valence-electron chi connectivity index (χ2n) is 4.17. The fourth-order valence-corrected chi connectivity index (χ4v) is 2.04. The van der Waals surface area contributed by atoms with Crippen LogP contribution in [0.5, 0.6) is 0 Å². The number of nitrogens with zero attached hydrogens (tertiary/aromatic N) is 2. The Morgan fingerprint density at radius 2 is 2.22 bits per heavy atom. The predicted molar refractivity (Wildman–Crippen MR) is 72.6 cm³/mol. The number of benzene rings is 1. The summed E-state index contributed by atoms with van der Waals surface area (Å²) in [7, 11) is 0. The first-order valence-corrected chi connectivity index (χ1v) is 6.24. The molecule has 4 nitrogen and oxygen atoms in total. The number of nitrogen functional groups attached to an aromatic ring is 1. The van der Waals surface area contributed by atoms with Gasteiger partial charge >= 0.3 is 0 Å². The molecule has 0 aliphatic heterocycles. The van der Waals surface area contributed by atoms with Gasteiger partial charge in [0.1, 0.15) is 5.82 Å². The zero-order chi connectivity index (χ0) is 13.0. The van der Waals surface area contributed by atoms with Crippen molar-refractivity contribution in [1.29, 1.82) is 0 Å². The highest BCUT2D eigenvalue weighted by Crippen LogP contribution is 2.16. The van der Waals surface area contributed by atoms with Gasteiger partial charge in [-0.05, 0) is 30.5 Å². The number of aryl methyl sites for hydroxylation is 1. The fourth-order valence-electron chi connectivity index (χ4n) is 1.83. The number of anilines is 1. The van der Waals surface area contributed by atoms with Crippen LogP contribution in [0.1, 0.15) is 17.5 Å². The molecule has 0 amide bonds. The molecule has 0 atom stereocenters. The Bertz CT molecular complexity index is 525. The summed E-state index contributed by atoms with van der Waals surface area (Å²) in [4.78, 5) is 0. The highest BCUT2D eigenvalue weighted by molar-refractivity contribution is 6.30. The zero-order valence-electron chi connectivity index (χ0n) is 10.0. The van der Waals surface area contributed by atoms with Gasteiger partial charge in [-0.1, -0.05) is 23.7 Å². The van der Waals surface area contributed by atoms with Gasteiger partial charge in [-0.2, -0.15) is 5.10 Å². The largest absolute Gasteiger partial charge is 0.396 e. The summed E-state index contributed by atoms with van der Waals surface area (Å²) in [6.07, 6.45) is 3.21. The number of aliphatic hydroxyl groups excluding tert-OH is 1. The van der Waals surface area contributed by atoms with E-state index in [0.29, 0.717) is 23.8 Å². The van der Waals surface area contributed by atoms with E-state index < -0.39 is 0 Å². The van der Waals surface area contributed by atoms with E-state index >= 15 is 0 Å². The van der Waals surface area contributed by atoms with Crippen LogP contribution in [0.15, 0.2) is 30.5 Å². The molecule has 0 saturated heterocycles. The van der Waals surface area contributed by atoms with E-state index in [-0.39, 0.29) is 6.61 Å². The van der Waals surface area contributed by atoms with Crippen LogP contribution in [-0.4, -0.2) is 21.5 Å². The van der Waals surface area contributed by atoms with Gasteiger partial charge in [0.25, 0.3) is 0 Å². The molecule has 0 unspecified atom stereocenters. The third-order valence-corrected chi connectivity index (χ3v) is 3.02. The average molecular weight is 266 g/mol. The lowest BCUT2D eigenvalue weighted by molar-refractivity contribution is 0.288. The second kappa shape index (κ2) is 5.89. The van der Waals surface area contributed by atoms with Gasteiger partial charge in [0.05, 0.1) is 12.7 Å². The average Bonchev–Trinajstić information content (AvgIpc) is 2.69. The van der Waals surface area contributed by atoms with Gasteiger partial charge in [0.15, 0.2) is 0 Å². The lowest BCUT2D eigenvalue weighted by Crippen LogP contribution is -2.07. The number of hydrogen-bond donors (Lipinski definition) is 2. The molecule has 0 bridgehead atoms. The van der Waals surface area contributed by atoms with Crippen LogP contribution < -0.4 is 5.73 Å². The van der Waals surface area contributed by atoms with Crippen molar-refractivity contribution in [2.24, 2.45) is 0 Å². The van der Waals surface area contributed by atoms with Crippen LogP contribution in [0, 0.1) is 0 Å². The molecule has 1 aromatic carbocycles. The van der Waals surface area contributed by atoms with Crippen molar-refractivity contribution in [2.75, 3.05) is 12.3 Å². The third kappa shape index (κ3) is 3.03. The van der Waals surface area contributed by atoms with Crippen LogP contribution in [0.4, 0.5) is 5.82 Å². The van der Waals surface area contributed by atoms with Gasteiger partial charge in [-0.15, -0.1) is 0 Å². The van der Waals surface area contributed by atoms with Crippen molar-refractivity contribution in [1.82, 2.24) is 9.78 Å². The van der Waals surface area contributed by atoms with Crippen LogP contribution in [0.2, 0.25) is 5.02 Å². The number of aromatic nitrogens is 2. The molecule has 18 heavy (non-hydrogen) atoms. The van der Waals surface area contributed by atoms with Gasteiger partial charge in [0, 0.05) is 17.2 Å². The molecule has 3 N–H and O–H groups in total. The molecule has 0 aliphatic rings. The molecule has 0 fully saturated rings. The molecule has 0 aliphatic carbocycles. The standard InChI is InChI=1S/C13H16ClN3O/c14-12-5-1-3-10(7-12)9-17-13(15)11(8-16-17)4-2-6-18/h1,3,5,7-8,18H,2,4,6,9,15H2. The van der Waals surface area contributed by atoms with Crippen molar-refractivity contribution < 1.29 is 5.11 Å². The molecule has 96 valence electrons. The molecule has 0 saturated carbocycles. The molecule has 1 heterocycles. The topological polar surface area (TPSA) is 64.1 Å². The van der Waals surface area contributed by atoms with Gasteiger partial charge in [0.2, 0.25) is 0 Å². The Morgan fingerprint density at radius 1 is 1.39 bits per heavy atom. The van der Waals surface area contributed by atoms with E-state index in [9.17, 15) is 0 Å². The lowest BCUT2D eigenvalue weighted by atomic mass is 10.2. The van der Waals surface area contributed by atoms with E-state index in [2.05, 4.69) is 5.10 Å². The van der Waals surface area contributed by atoms with Crippen molar-refractivity contribution in [3.8, 4) is 0 Å². The van der Waals surface area contributed by atoms with Crippen LogP contribution >= 0.6 is 11.6 Å². The predicted octanol–water partition coefficient (Wildman–Crippen LogP) is 2.09. The minimum Gasteiger partial charge on any atom is -0.396 e. The second-order valence-corrected chi connectivity index (χ2v) is 4.61. The van der Waals surface area contributed by atoms with Crippen molar-refractivity contribution in [3.63, 3.8) is 0 Å². The fraction of sp³-hybridized carbons (Fsp3) is 0.308. The third-order valence-electron chi connectivity index (χ3n) is 2.79. The molecule has 0 radical (unpaired) electrons. The summed E-state index contributed by atoms with van der Waals surface area (Å²) >= 11 is 5.94. The number of nitrogens with two attached hydrogens (primary N) is 1. The van der Waals surface area contributed by atoms with Crippen molar-refractivity contribution in [3.05, 3.63) is 46.6 Å². The van der Waals surface area contributed by atoms with Gasteiger partial charge in [-0.25, -0.2) is 4.68 Å². The summed E-state index contributed by atoms with van der Waals surface area (Å²) in [5.74, 6) is 0.656. The van der Waals surface area contributed by atoms with E-state index in [4.69, 9.17) is 22.4 Å². The first-order valence-electron chi connectivity index (χ1n) is 5.86. The van der Waals surface area contributed by atoms with Gasteiger partial charge < -0.3 is 10.8 Å². The monoisotopic (exact) mass is 265 g/mol. The van der Waals surface area contributed by atoms with Gasteiger partial charge in [-0.3, -0.25) is 0 Å². The maximum atomic E-state index is 8.81. The van der Waals surface area contributed by atoms with E-state index in [1.807, 2.05) is 24.3 Å². The van der Waals surface area contributed by atoms with Crippen LogP contribution in [0.3, 0.4) is 0 Å². The Balaban J connectivity index is 2.12. The molecule has 5 heteroatoms. The SMILES string of the molecule is Nc1c(CCCO)cnn1Cc1cccc(Cl)c1. The summed E-state index contributed by atoms with van der Waals surface area (Å²) in [6, 6.07) is 7.63. The minimum atomic E-state index is 0.166. The minimum absolute atomic E-state index is 0.166. The van der Waals surface area contributed by atoms with Crippen molar-refractivity contribution in [2.45, 2.75) is 19.4 Å². The van der Waals surface area contributed by atoms with E-state index in [1.165, 1.54) is 0 Å². The first kappa shape index (κ1) is 12.9. The molecule has 2 aromatic rings. The van der Waals surface area contributed by atoms with E-state index in [1.54, 1.807) is 10.9 Å². The summed E-state index contributed by atoms with van der Waals surface area (Å²) in [6.45, 7) is 0.768. The highest BCUT2D eigenvalue weighted by atomic mass is 35.5. The Labute approximate surface area is 111 Å². The highest BCUT2D eigenvalue weighted by Gasteiger charge is 2.07. The number of halogens is 1. The smallest absolute Gasteiger partial charge is 0.125 e. The molecule has 0 spiro atoms. The Kier molecular flexibility index (Phi) is 4.23. The normalized spacial score (nSPS) is 10.8. The number of rotatable bonds is 5. The van der Waals surface area contributed by atoms with E-state index in [0.717, 1.165) is 17.5 Å². The first-order chi connectivity index (χ1) is 8.70. The summed E-state index contributed by atoms with van der Waals surface area (Å²) < 4.78 is 1.75. The maximum Gasteiger partial charge on any atom is 0.125 e.